The number of benzene rings is 8. The van der Waals surface area contributed by atoms with E-state index >= 15 is 0 Å². The molecule has 0 aliphatic carbocycles. The molecule has 0 saturated carbocycles. The summed E-state index contributed by atoms with van der Waals surface area (Å²) in [6.45, 7) is -2.55. The maximum Gasteiger partial charge on any atom is 0.427 e. The second-order valence-corrected chi connectivity index (χ2v) is 32.2. The van der Waals surface area contributed by atoms with Gasteiger partial charge in [0, 0.05) is 235 Å². The minimum Gasteiger partial charge on any atom is -0.497 e. The second-order valence-electron chi connectivity index (χ2n) is 32.2. The Bertz CT molecular complexity index is 7530. The number of alkyl halides is 6. The molecule has 144 heavy (non-hydrogen) atoms. The van der Waals surface area contributed by atoms with E-state index in [9.17, 15) is 41.0 Å². The number of aromatic nitrogens is 16. The summed E-state index contributed by atoms with van der Waals surface area (Å²) < 4.78 is 247. The quantitative estimate of drug-likeness (QED) is 0.0268. The second kappa shape index (κ2) is 48.4. The van der Waals surface area contributed by atoms with Crippen LogP contribution in [0.4, 0.5) is 71.8 Å². The first-order chi connectivity index (χ1) is 73.6. The minimum absolute atomic E-state index is 0.0993. The van der Waals surface area contributed by atoms with Gasteiger partial charge in [0.15, 0.2) is 0 Å². The van der Waals surface area contributed by atoms with Crippen molar-refractivity contribution < 1.29 is 114 Å². The number of halogens is 6. The predicted molar refractivity (Wildman–Crippen MR) is 533 cm³/mol. The van der Waals surface area contributed by atoms with E-state index in [1.165, 1.54) is 66.6 Å². The third-order valence-electron chi connectivity index (χ3n) is 21.5. The van der Waals surface area contributed by atoms with Gasteiger partial charge in [0.2, 0.25) is 6.10 Å². The number of aliphatic hydroxyl groups is 1. The normalized spacial score (nSPS) is 13.7. The molecule has 3 atom stereocenters. The van der Waals surface area contributed by atoms with E-state index < -0.39 is 100 Å². The van der Waals surface area contributed by atoms with Gasteiger partial charge in [-0.25, -0.2) is 19.9 Å². The molecule has 8 aromatic carbocycles. The van der Waals surface area contributed by atoms with Gasteiger partial charge in [-0.3, -0.25) is 48.3 Å². The van der Waals surface area contributed by atoms with Crippen molar-refractivity contribution in [3.8, 4) is 91.0 Å². The van der Waals surface area contributed by atoms with E-state index in [0.717, 1.165) is 92.5 Å². The molecule has 8 heterocycles. The molecule has 0 radical (unpaired) electrons. The summed E-state index contributed by atoms with van der Waals surface area (Å²) >= 11 is 0. The van der Waals surface area contributed by atoms with Crippen molar-refractivity contribution >= 4 is 102 Å². The average molecular weight is 2000 g/mol. The zero-order chi connectivity index (χ0) is 113. The van der Waals surface area contributed by atoms with Crippen LogP contribution in [0.1, 0.15) is 56.6 Å². The molecule has 8 aromatic heterocycles. The standard InChI is InChI=1S/C26H29N5O5.C26H31N5O4.C25H27F3N6O2.C25H24F3N5O4/c1-17(32)36-23(16-33-3)15-31(20-8-21(34-4)11-22(9-20)35-5)19-6-7-24-25(10-19)29-26(13-27-24)18-12-28-30(2)14-18;1-17(2)31-14-18(12-28-31)26-13-27-24-7-6-19(10-25(24)29-26)30(15-21(32)16-33-3)20-8-22(34-4)11-23(9-20)35-5;1-33-15-17(13-31-33)24-14-30-22-6-5-18(11-23(22)32-24)34(8-4-7-29-16-25(26,27)28)19-9-20(35-2)12-21(10-19)36-3;1-15(34)37-24(25(26,27)28)14-33(18-7-19(35-3)10-20(8-18)36-4)17-5-6-21-22(9-17)31-23(12-29-21)16-11-30-32(2)13-16/h6-14,23H,15-16H2,1-5H3;6-14,17,21,32H,15-16H2,1-5H3;5-6,9-15,29H,4,7-8,16H2,1-3H3;5-13,24H,14H2,1-4H3/t23-;21-;;24-/m01.0/s1/i;;2D3,3D3,4D2,7D2,8D2;. The molecule has 0 saturated heterocycles. The Morgan fingerprint density at radius 1 is 0.403 bits per heavy atom. The van der Waals surface area contributed by atoms with Crippen molar-refractivity contribution in [1.82, 2.24) is 84.3 Å². The highest BCUT2D eigenvalue weighted by molar-refractivity contribution is 5.88. The van der Waals surface area contributed by atoms with Gasteiger partial charge in [-0.2, -0.15) is 46.7 Å². The third-order valence-corrected chi connectivity index (χ3v) is 21.5. The lowest BCUT2D eigenvalue weighted by Gasteiger charge is -2.30. The maximum absolute atomic E-state index is 13.9. The molecule has 0 unspecified atom stereocenters. The molecule has 2 N–H and O–H groups in total. The monoisotopic (exact) mass is 2000 g/mol. The number of nitrogens with one attached hydrogen (secondary N) is 1. The number of hydrogen-bond acceptors (Lipinski definition) is 32. The molecular weight excluding hydrogens is 1870 g/mol. The summed E-state index contributed by atoms with van der Waals surface area (Å²) in [6, 6.07) is 39.1. The molecule has 0 spiro atoms. The van der Waals surface area contributed by atoms with Gasteiger partial charge in [-0.15, -0.1) is 0 Å². The van der Waals surface area contributed by atoms with Crippen LogP contribution < -0.4 is 62.8 Å². The number of methoxy groups -OCH3 is 10. The zero-order valence-corrected chi connectivity index (χ0v) is 80.7. The lowest BCUT2D eigenvalue weighted by molar-refractivity contribution is -0.216. The first-order valence-electron chi connectivity index (χ1n) is 50.0. The van der Waals surface area contributed by atoms with Crippen LogP contribution in [0.5, 0.6) is 46.0 Å². The van der Waals surface area contributed by atoms with Gasteiger partial charge in [0.25, 0.3) is 0 Å². The lowest BCUT2D eigenvalue weighted by Crippen LogP contribution is -2.42. The number of hydrogen-bond donors (Lipinski definition) is 2. The van der Waals surface area contributed by atoms with Gasteiger partial charge in [-0.05, 0) is 99.5 Å². The van der Waals surface area contributed by atoms with E-state index in [2.05, 4.69) is 68.9 Å². The van der Waals surface area contributed by atoms with Crippen LogP contribution in [0, 0.1) is 0 Å². The fourth-order valence-electron chi connectivity index (χ4n) is 14.7. The van der Waals surface area contributed by atoms with E-state index in [1.807, 2.05) is 101 Å². The van der Waals surface area contributed by atoms with Gasteiger partial charge in [0.05, 0.1) is 227 Å². The Balaban J connectivity index is 0.000000174. The van der Waals surface area contributed by atoms with Gasteiger partial charge in [0.1, 0.15) is 52.1 Å². The molecule has 0 aliphatic rings. The number of esters is 2. The maximum atomic E-state index is 13.9. The van der Waals surface area contributed by atoms with Crippen LogP contribution in [0.2, 0.25) is 0 Å². The zero-order valence-electron chi connectivity index (χ0n) is 92.7. The van der Waals surface area contributed by atoms with Crippen LogP contribution in [-0.4, -0.2) is 250 Å². The van der Waals surface area contributed by atoms with Crippen LogP contribution >= 0.6 is 0 Å². The lowest BCUT2D eigenvalue weighted by atomic mass is 10.1. The molecule has 0 aliphatic heterocycles. The van der Waals surface area contributed by atoms with Crippen molar-refractivity contribution in [2.24, 2.45) is 21.1 Å². The summed E-state index contributed by atoms with van der Waals surface area (Å²) in [4.78, 5) is 65.9. The van der Waals surface area contributed by atoms with E-state index in [1.54, 1.807) is 158 Å². The number of aliphatic hydroxyl groups excluding tert-OH is 1. The highest BCUT2D eigenvalue weighted by Crippen LogP contribution is 2.42. The Labute approximate surface area is 842 Å². The number of nitrogens with zero attached hydrogens (tertiary/aromatic N) is 20. The largest absolute Gasteiger partial charge is 0.497 e. The van der Waals surface area contributed by atoms with Crippen molar-refractivity contribution in [2.45, 2.75) is 70.8 Å². The van der Waals surface area contributed by atoms with E-state index in [0.29, 0.717) is 97.4 Å². The molecule has 36 nitrogen and oxygen atoms in total. The van der Waals surface area contributed by atoms with Crippen LogP contribution in [0.3, 0.4) is 0 Å². The van der Waals surface area contributed by atoms with Crippen molar-refractivity contribution in [1.29, 1.82) is 0 Å². The number of rotatable bonds is 38. The molecule has 42 heteroatoms. The molecule has 0 fully saturated rings. The van der Waals surface area contributed by atoms with Crippen LogP contribution in [0.25, 0.3) is 89.2 Å². The summed E-state index contributed by atoms with van der Waals surface area (Å²) in [5, 5.41) is 28.8. The van der Waals surface area contributed by atoms with Crippen molar-refractivity contribution in [3.05, 3.63) is 220 Å². The van der Waals surface area contributed by atoms with Crippen LogP contribution in [0.15, 0.2) is 220 Å². The fraction of sp³-hybridized carbons (Fsp3) is 0.314. The summed E-state index contributed by atoms with van der Waals surface area (Å²) in [7, 11) is 11.5. The van der Waals surface area contributed by atoms with Crippen LogP contribution in [-0.2, 0) is 49.7 Å². The minimum atomic E-state index is -5.00. The van der Waals surface area contributed by atoms with E-state index in [-0.39, 0.29) is 41.9 Å². The van der Waals surface area contributed by atoms with Gasteiger partial charge in [-0.1, -0.05) is 0 Å². The number of carbonyl (C=O) groups excluding carboxylic acids is 2. The molecule has 16 aromatic rings. The number of aryl methyl sites for hydroxylation is 3. The van der Waals surface area contributed by atoms with Crippen molar-refractivity contribution in [2.75, 3.05) is 143 Å². The van der Waals surface area contributed by atoms with Gasteiger partial charge >= 0.3 is 24.3 Å². The third kappa shape index (κ3) is 28.0. The average Bonchev–Trinajstić information content (AvgIpc) is 0.997. The summed E-state index contributed by atoms with van der Waals surface area (Å²) in [6.07, 6.45) is 3.23. The smallest absolute Gasteiger partial charge is 0.427 e. The summed E-state index contributed by atoms with van der Waals surface area (Å²) in [5.74, 6) is 0.684. The number of fused-ring (bicyclic) bond motifs is 4. The predicted octanol–water partition coefficient (Wildman–Crippen LogP) is 17.4. The topological polar surface area (TPSA) is 365 Å². The van der Waals surface area contributed by atoms with Gasteiger partial charge < -0.3 is 86.9 Å². The Morgan fingerprint density at radius 2 is 0.729 bits per heavy atom. The Kier molecular flexibility index (Phi) is 30.0. The molecular formula is C102H111F6N21O15. The van der Waals surface area contributed by atoms with Crippen molar-refractivity contribution in [3.63, 3.8) is 0 Å². The number of ether oxygens (including phenoxy) is 12. The first kappa shape index (κ1) is 89.3. The SMILES string of the molecule is COC[C@H](CN(c1cc(OC)cc(OC)c1)c1ccc2ncc(-c3cnn(C)c3)nc2c1)OC(C)=O.COC[C@H](O)CN(c1cc(OC)cc(OC)c1)c1ccc2ncc(-c3cnn(C(C)C)c3)nc2c1.COc1cc(OC)cc(N(C[C@H](OC(C)=O)C(F)(F)F)c2ccc3ncc(-c4cnn(C)c4)nc3c2)c1.[2H]C([2H])([2H])Oc1cc(OC([2H])([2H])[2H])cc(N(c2ccc3ncc(-c4cnn(C)c4)nc3c2)C([2H])([2H])C([2H])([2H])C([2H])([2H])NCC(F)(F)F)c1. The molecule has 756 valence electrons. The molecule has 0 bridgehead atoms. The highest BCUT2D eigenvalue weighted by Gasteiger charge is 2.44. The number of anilines is 8. The molecule has 16 rings (SSSR count). The Morgan fingerprint density at radius 3 is 1.03 bits per heavy atom. The highest BCUT2D eigenvalue weighted by atomic mass is 19.4. The Hall–Kier alpha value is -16.1. The fourth-order valence-corrected chi connectivity index (χ4v) is 14.7. The molecule has 0 amide bonds. The first-order valence-corrected chi connectivity index (χ1v) is 44.0. The van der Waals surface area contributed by atoms with E-state index in [4.69, 9.17) is 78.5 Å². The number of carbonyl (C=O) groups is 2. The summed E-state index contributed by atoms with van der Waals surface area (Å²) in [5.41, 5.74) is 12.9.